The average molecular weight is 304 g/mol. The lowest BCUT2D eigenvalue weighted by atomic mass is 10.1. The fourth-order valence-electron chi connectivity index (χ4n) is 2.05. The summed E-state index contributed by atoms with van der Waals surface area (Å²) in [6.45, 7) is 1.87. The van der Waals surface area contributed by atoms with Gasteiger partial charge in [-0.05, 0) is 6.92 Å². The summed E-state index contributed by atoms with van der Waals surface area (Å²) in [5.41, 5.74) is 0.152. The van der Waals surface area contributed by atoms with Crippen LogP contribution in [0.3, 0.4) is 0 Å². The first-order chi connectivity index (χ1) is 9.75. The summed E-state index contributed by atoms with van der Waals surface area (Å²) in [7, 11) is 0. The molecule has 0 spiro atoms. The highest BCUT2D eigenvalue weighted by atomic mass is 19.4. The number of piperidine rings is 1. The second-order valence-electron chi connectivity index (χ2n) is 4.74. The number of nitrogens with zero attached hydrogens (tertiary/aromatic N) is 3. The molecule has 9 heteroatoms. The number of alkyl halides is 3. The van der Waals surface area contributed by atoms with Crippen LogP contribution in [-0.4, -0.2) is 40.2 Å². The topological polar surface area (TPSA) is 78.4 Å². The third-order valence-electron chi connectivity index (χ3n) is 3.07. The molecule has 1 aliphatic heterocycles. The van der Waals surface area contributed by atoms with Crippen molar-refractivity contribution < 1.29 is 27.8 Å². The number of carbonyl (C=O) groups excluding carboxylic acids is 1. The van der Waals surface area contributed by atoms with Crippen molar-refractivity contribution in [2.45, 2.75) is 32.0 Å². The first-order valence-corrected chi connectivity index (χ1v) is 6.31. The standard InChI is InChI=1S/C12H14F3N3O3/c1-7-6-9(17-10(16-7)12(13,14)15)21-8-2-4-18(5-3-8)11(19)20/h6,8H,2-5H2,1H3,(H,19,20)/p-1. The molecule has 2 heterocycles. The minimum atomic E-state index is -4.64. The third kappa shape index (κ3) is 3.96. The van der Waals surface area contributed by atoms with E-state index < -0.39 is 18.1 Å². The maximum atomic E-state index is 12.6. The summed E-state index contributed by atoms with van der Waals surface area (Å²) in [6, 6.07) is 1.32. The van der Waals surface area contributed by atoms with Gasteiger partial charge in [0.15, 0.2) is 0 Å². The smallest absolute Gasteiger partial charge is 0.451 e. The molecule has 0 bridgehead atoms. The zero-order valence-electron chi connectivity index (χ0n) is 11.2. The number of amides is 1. The molecule has 1 fully saturated rings. The van der Waals surface area contributed by atoms with Crippen LogP contribution in [0.5, 0.6) is 5.88 Å². The monoisotopic (exact) mass is 304 g/mol. The molecule has 0 atom stereocenters. The minimum absolute atomic E-state index is 0.151. The number of rotatable bonds is 2. The molecule has 6 nitrogen and oxygen atoms in total. The predicted molar refractivity (Wildman–Crippen MR) is 62.4 cm³/mol. The van der Waals surface area contributed by atoms with E-state index in [1.807, 2.05) is 0 Å². The molecule has 0 aromatic carbocycles. The molecule has 0 N–H and O–H groups in total. The number of carbonyl (C=O) groups is 1. The lowest BCUT2D eigenvalue weighted by molar-refractivity contribution is -0.266. The molecule has 1 saturated heterocycles. The highest BCUT2D eigenvalue weighted by Crippen LogP contribution is 2.28. The van der Waals surface area contributed by atoms with Crippen molar-refractivity contribution in [3.63, 3.8) is 0 Å². The number of aryl methyl sites for hydroxylation is 1. The van der Waals surface area contributed by atoms with Gasteiger partial charge < -0.3 is 19.5 Å². The van der Waals surface area contributed by atoms with Gasteiger partial charge in [0.05, 0.1) is 0 Å². The van der Waals surface area contributed by atoms with Crippen LogP contribution in [-0.2, 0) is 6.18 Å². The van der Waals surface area contributed by atoms with Gasteiger partial charge in [0, 0.05) is 37.7 Å². The maximum absolute atomic E-state index is 12.6. The molecule has 21 heavy (non-hydrogen) atoms. The molecule has 1 aliphatic rings. The maximum Gasteiger partial charge on any atom is 0.451 e. The van der Waals surface area contributed by atoms with Crippen molar-refractivity contribution in [1.82, 2.24) is 14.9 Å². The van der Waals surface area contributed by atoms with E-state index in [0.717, 1.165) is 4.90 Å². The second-order valence-corrected chi connectivity index (χ2v) is 4.74. The van der Waals surface area contributed by atoms with Gasteiger partial charge in [-0.25, -0.2) is 4.98 Å². The number of ether oxygens (including phenoxy) is 1. The summed E-state index contributed by atoms with van der Waals surface area (Å²) in [6.07, 6.45) is -5.53. The average Bonchev–Trinajstić information content (AvgIpc) is 2.37. The summed E-state index contributed by atoms with van der Waals surface area (Å²) < 4.78 is 43.2. The van der Waals surface area contributed by atoms with E-state index in [1.165, 1.54) is 13.0 Å². The Morgan fingerprint density at radius 2 is 2.00 bits per heavy atom. The summed E-state index contributed by atoms with van der Waals surface area (Å²) in [5, 5.41) is 10.6. The van der Waals surface area contributed by atoms with Crippen molar-refractivity contribution >= 4 is 6.09 Å². The molecule has 1 aromatic rings. The van der Waals surface area contributed by atoms with Gasteiger partial charge >= 0.3 is 6.18 Å². The molecule has 2 rings (SSSR count). The van der Waals surface area contributed by atoms with Gasteiger partial charge in [-0.2, -0.15) is 18.2 Å². The largest absolute Gasteiger partial charge is 0.530 e. The van der Waals surface area contributed by atoms with Crippen molar-refractivity contribution in [3.8, 4) is 5.88 Å². The Hall–Kier alpha value is -2.06. The van der Waals surface area contributed by atoms with Crippen molar-refractivity contribution in [2.75, 3.05) is 13.1 Å². The van der Waals surface area contributed by atoms with E-state index in [0.29, 0.717) is 12.8 Å². The van der Waals surface area contributed by atoms with E-state index in [9.17, 15) is 23.1 Å². The van der Waals surface area contributed by atoms with Crippen molar-refractivity contribution in [2.24, 2.45) is 0 Å². The molecular formula is C12H13F3N3O3-. The van der Waals surface area contributed by atoms with Crippen LogP contribution in [0.15, 0.2) is 6.07 Å². The van der Waals surface area contributed by atoms with Crippen LogP contribution in [0.2, 0.25) is 0 Å². The van der Waals surface area contributed by atoms with Crippen molar-refractivity contribution in [3.05, 3.63) is 17.6 Å². The van der Waals surface area contributed by atoms with Gasteiger partial charge in [0.2, 0.25) is 11.7 Å². The Balaban J connectivity index is 2.04. The first-order valence-electron chi connectivity index (χ1n) is 6.31. The SMILES string of the molecule is Cc1cc(OC2CCN(C(=O)[O-])CC2)nc(C(F)(F)F)n1. The number of aromatic nitrogens is 2. The number of hydrogen-bond donors (Lipinski definition) is 0. The van der Waals surface area contributed by atoms with E-state index in [-0.39, 0.29) is 30.8 Å². The van der Waals surface area contributed by atoms with Gasteiger partial charge in [0.1, 0.15) is 12.2 Å². The Kier molecular flexibility index (Phi) is 4.19. The Morgan fingerprint density at radius 1 is 1.38 bits per heavy atom. The number of halogens is 3. The van der Waals surface area contributed by atoms with Gasteiger partial charge in [0.25, 0.3) is 0 Å². The highest BCUT2D eigenvalue weighted by Gasteiger charge is 2.35. The van der Waals surface area contributed by atoms with Crippen LogP contribution < -0.4 is 9.84 Å². The fraction of sp³-hybridized carbons (Fsp3) is 0.583. The summed E-state index contributed by atoms with van der Waals surface area (Å²) in [4.78, 5) is 18.5. The zero-order valence-corrected chi connectivity index (χ0v) is 11.2. The molecule has 1 aromatic heterocycles. The minimum Gasteiger partial charge on any atom is -0.530 e. The number of likely N-dealkylation sites (tertiary alicyclic amines) is 1. The van der Waals surface area contributed by atoms with Crippen LogP contribution in [0.25, 0.3) is 0 Å². The van der Waals surface area contributed by atoms with Gasteiger partial charge in [-0.3, -0.25) is 0 Å². The van der Waals surface area contributed by atoms with E-state index in [2.05, 4.69) is 9.97 Å². The predicted octanol–water partition coefficient (Wildman–Crippen LogP) is 0.990. The Bertz CT molecular complexity index is 528. The highest BCUT2D eigenvalue weighted by molar-refractivity contribution is 5.62. The van der Waals surface area contributed by atoms with Gasteiger partial charge in [-0.15, -0.1) is 0 Å². The molecule has 0 unspecified atom stereocenters. The Morgan fingerprint density at radius 3 is 2.52 bits per heavy atom. The molecule has 0 saturated carbocycles. The Labute approximate surface area is 118 Å². The molecule has 0 radical (unpaired) electrons. The molecular weight excluding hydrogens is 291 g/mol. The number of carboxylic acid groups (broad SMARTS) is 1. The van der Waals surface area contributed by atoms with Crippen LogP contribution in [0.4, 0.5) is 18.0 Å². The van der Waals surface area contributed by atoms with Crippen LogP contribution >= 0.6 is 0 Å². The third-order valence-corrected chi connectivity index (χ3v) is 3.07. The van der Waals surface area contributed by atoms with E-state index in [4.69, 9.17) is 4.74 Å². The second kappa shape index (κ2) is 5.74. The molecule has 116 valence electrons. The van der Waals surface area contributed by atoms with Crippen LogP contribution in [0, 0.1) is 6.92 Å². The number of hydrogen-bond acceptors (Lipinski definition) is 5. The van der Waals surface area contributed by atoms with Gasteiger partial charge in [-0.1, -0.05) is 0 Å². The summed E-state index contributed by atoms with van der Waals surface area (Å²) in [5.74, 6) is -1.40. The lowest BCUT2D eigenvalue weighted by Gasteiger charge is -2.33. The molecule has 1 amide bonds. The zero-order chi connectivity index (χ0) is 15.6. The van der Waals surface area contributed by atoms with E-state index >= 15 is 0 Å². The van der Waals surface area contributed by atoms with Crippen LogP contribution in [0.1, 0.15) is 24.4 Å². The van der Waals surface area contributed by atoms with E-state index in [1.54, 1.807) is 0 Å². The quantitative estimate of drug-likeness (QED) is 0.814. The summed E-state index contributed by atoms with van der Waals surface area (Å²) >= 11 is 0. The lowest BCUT2D eigenvalue weighted by Crippen LogP contribution is -2.47. The fourth-order valence-corrected chi connectivity index (χ4v) is 2.05. The normalized spacial score (nSPS) is 16.9. The van der Waals surface area contributed by atoms with Crippen molar-refractivity contribution in [1.29, 1.82) is 0 Å². The first kappa shape index (κ1) is 15.3. The molecule has 0 aliphatic carbocycles.